The van der Waals surface area contributed by atoms with Gasteiger partial charge in [-0.3, -0.25) is 0 Å². The van der Waals surface area contributed by atoms with Crippen molar-refractivity contribution < 1.29 is 9.18 Å². The number of amides is 2. The Morgan fingerprint density at radius 1 is 1.42 bits per heavy atom. The molecular weight excluding hydrogens is 329 g/mol. The zero-order chi connectivity index (χ0) is 16.5. The quantitative estimate of drug-likeness (QED) is 0.766. The van der Waals surface area contributed by atoms with E-state index in [-0.39, 0.29) is 17.9 Å². The number of thiophene rings is 1. The second-order valence-electron chi connectivity index (χ2n) is 5.82. The molecule has 1 aromatic carbocycles. The molecule has 124 valence electrons. The van der Waals surface area contributed by atoms with Gasteiger partial charge in [0.25, 0.3) is 0 Å². The Balaban J connectivity index is 1.33. The van der Waals surface area contributed by atoms with Crippen molar-refractivity contribution in [1.82, 2.24) is 25.4 Å². The number of hydrogen-bond donors (Lipinski definition) is 2. The normalized spacial score (nSPS) is 16.8. The van der Waals surface area contributed by atoms with Crippen LogP contribution in [0.25, 0.3) is 10.1 Å². The van der Waals surface area contributed by atoms with Crippen molar-refractivity contribution in [3.63, 3.8) is 0 Å². The first-order valence-electron chi connectivity index (χ1n) is 7.76. The van der Waals surface area contributed by atoms with Gasteiger partial charge in [0.15, 0.2) is 0 Å². The Hall–Kier alpha value is -2.48. The zero-order valence-corrected chi connectivity index (χ0v) is 13.6. The van der Waals surface area contributed by atoms with Gasteiger partial charge >= 0.3 is 6.03 Å². The number of carbonyl (C=O) groups is 1. The summed E-state index contributed by atoms with van der Waals surface area (Å²) in [6.45, 7) is 1.07. The van der Waals surface area contributed by atoms with Gasteiger partial charge in [-0.15, -0.1) is 11.3 Å². The van der Waals surface area contributed by atoms with Gasteiger partial charge in [0.1, 0.15) is 18.0 Å². The molecule has 0 radical (unpaired) electrons. The van der Waals surface area contributed by atoms with Gasteiger partial charge in [-0.25, -0.2) is 18.9 Å². The second-order valence-corrected chi connectivity index (χ2v) is 6.98. The Labute approximate surface area is 141 Å². The van der Waals surface area contributed by atoms with Crippen molar-refractivity contribution in [2.24, 2.45) is 0 Å². The molecule has 8 heteroatoms. The van der Waals surface area contributed by atoms with Crippen LogP contribution < -0.4 is 10.6 Å². The highest BCUT2D eigenvalue weighted by molar-refractivity contribution is 7.19. The Morgan fingerprint density at radius 2 is 2.33 bits per heavy atom. The summed E-state index contributed by atoms with van der Waals surface area (Å²) < 4.78 is 16.1. The predicted octanol–water partition coefficient (Wildman–Crippen LogP) is 2.45. The lowest BCUT2D eigenvalue weighted by Gasteiger charge is -2.23. The molecule has 0 spiro atoms. The Bertz CT molecular complexity index is 890. The molecule has 2 aromatic heterocycles. The number of nitrogens with one attached hydrogen (secondary N) is 2. The number of aryl methyl sites for hydroxylation is 1. The molecule has 1 unspecified atom stereocenters. The molecule has 2 N–H and O–H groups in total. The van der Waals surface area contributed by atoms with Crippen molar-refractivity contribution in [3.8, 4) is 0 Å². The van der Waals surface area contributed by atoms with E-state index in [9.17, 15) is 9.18 Å². The number of benzene rings is 1. The summed E-state index contributed by atoms with van der Waals surface area (Å²) in [5, 5.41) is 10.8. The fraction of sp³-hybridized carbons (Fsp3) is 0.312. The van der Waals surface area contributed by atoms with Crippen LogP contribution in [0.15, 0.2) is 30.6 Å². The molecule has 3 aromatic rings. The molecule has 0 bridgehead atoms. The lowest BCUT2D eigenvalue weighted by Crippen LogP contribution is -2.45. The van der Waals surface area contributed by atoms with Crippen LogP contribution >= 0.6 is 11.3 Å². The first kappa shape index (κ1) is 15.1. The van der Waals surface area contributed by atoms with Crippen LogP contribution in [-0.2, 0) is 19.5 Å². The average molecular weight is 345 g/mol. The van der Waals surface area contributed by atoms with Gasteiger partial charge in [-0.05, 0) is 36.1 Å². The third-order valence-corrected chi connectivity index (χ3v) is 5.21. The highest BCUT2D eigenvalue weighted by Crippen LogP contribution is 2.26. The topological polar surface area (TPSA) is 71.8 Å². The van der Waals surface area contributed by atoms with Crippen LogP contribution in [0.4, 0.5) is 9.18 Å². The lowest BCUT2D eigenvalue weighted by atomic mass is 10.1. The molecular formula is C16H16FN5OS. The number of halogens is 1. The van der Waals surface area contributed by atoms with E-state index in [1.54, 1.807) is 23.7 Å². The van der Waals surface area contributed by atoms with Gasteiger partial charge in [0, 0.05) is 16.0 Å². The average Bonchev–Trinajstić information content (AvgIpc) is 3.18. The first-order chi connectivity index (χ1) is 11.7. The molecule has 2 amide bonds. The van der Waals surface area contributed by atoms with Crippen molar-refractivity contribution >= 4 is 27.5 Å². The van der Waals surface area contributed by atoms with Crippen molar-refractivity contribution in [2.75, 3.05) is 0 Å². The maximum atomic E-state index is 13.2. The highest BCUT2D eigenvalue weighted by Gasteiger charge is 2.21. The minimum Gasteiger partial charge on any atom is -0.334 e. The van der Waals surface area contributed by atoms with Gasteiger partial charge in [-0.2, -0.15) is 5.10 Å². The van der Waals surface area contributed by atoms with Crippen molar-refractivity contribution in [2.45, 2.75) is 32.0 Å². The van der Waals surface area contributed by atoms with Crippen LogP contribution in [0, 0.1) is 5.82 Å². The summed E-state index contributed by atoms with van der Waals surface area (Å²) in [5.41, 5.74) is 0. The molecule has 3 heterocycles. The van der Waals surface area contributed by atoms with Gasteiger partial charge < -0.3 is 10.6 Å². The number of carbonyl (C=O) groups excluding carboxylic acids is 1. The third-order valence-electron chi connectivity index (χ3n) is 4.09. The van der Waals surface area contributed by atoms with Crippen LogP contribution in [0.1, 0.15) is 17.1 Å². The SMILES string of the molecule is O=C(NCc1cc2cc(F)ccc2s1)NC1CCc2ncnn2C1. The summed E-state index contributed by atoms with van der Waals surface area (Å²) in [4.78, 5) is 17.2. The first-order valence-corrected chi connectivity index (χ1v) is 8.58. The number of rotatable bonds is 3. The van der Waals surface area contributed by atoms with E-state index in [1.165, 1.54) is 12.1 Å². The van der Waals surface area contributed by atoms with Crippen molar-refractivity contribution in [1.29, 1.82) is 0 Å². The smallest absolute Gasteiger partial charge is 0.315 e. The molecule has 1 aliphatic heterocycles. The Morgan fingerprint density at radius 3 is 3.25 bits per heavy atom. The van der Waals surface area contributed by atoms with Gasteiger partial charge in [0.2, 0.25) is 0 Å². The number of fused-ring (bicyclic) bond motifs is 2. The highest BCUT2D eigenvalue weighted by atomic mass is 32.1. The van der Waals surface area contributed by atoms with E-state index in [0.717, 1.165) is 33.6 Å². The number of aromatic nitrogens is 3. The van der Waals surface area contributed by atoms with Crippen LogP contribution in [0.3, 0.4) is 0 Å². The molecule has 0 saturated heterocycles. The maximum absolute atomic E-state index is 13.2. The molecule has 0 aliphatic carbocycles. The monoisotopic (exact) mass is 345 g/mol. The molecule has 1 atom stereocenters. The predicted molar refractivity (Wildman–Crippen MR) is 89.3 cm³/mol. The lowest BCUT2D eigenvalue weighted by molar-refractivity contribution is 0.231. The van der Waals surface area contributed by atoms with Gasteiger partial charge in [-0.1, -0.05) is 0 Å². The zero-order valence-electron chi connectivity index (χ0n) is 12.8. The fourth-order valence-electron chi connectivity index (χ4n) is 2.92. The molecule has 6 nitrogen and oxygen atoms in total. The third kappa shape index (κ3) is 3.09. The summed E-state index contributed by atoms with van der Waals surface area (Å²) in [7, 11) is 0. The summed E-state index contributed by atoms with van der Waals surface area (Å²) in [5.74, 6) is 0.716. The molecule has 4 rings (SSSR count). The summed E-state index contributed by atoms with van der Waals surface area (Å²) >= 11 is 1.55. The van der Waals surface area contributed by atoms with E-state index in [0.29, 0.717) is 13.1 Å². The standard InChI is InChI=1S/C16H16FN5OS/c17-11-1-3-14-10(5-11)6-13(24-14)7-18-16(23)21-12-2-4-15-19-9-20-22(15)8-12/h1,3,5-6,9,12H,2,4,7-8H2,(H2,18,21,23). The molecule has 0 fully saturated rings. The number of hydrogen-bond acceptors (Lipinski definition) is 4. The van der Waals surface area contributed by atoms with Crippen LogP contribution in [0.5, 0.6) is 0 Å². The number of urea groups is 1. The van der Waals surface area contributed by atoms with E-state index < -0.39 is 0 Å². The second kappa shape index (κ2) is 6.20. The van der Waals surface area contributed by atoms with Crippen LogP contribution in [-0.4, -0.2) is 26.8 Å². The summed E-state index contributed by atoms with van der Waals surface area (Å²) in [6, 6.07) is 6.47. The van der Waals surface area contributed by atoms with E-state index in [4.69, 9.17) is 0 Å². The van der Waals surface area contributed by atoms with E-state index in [2.05, 4.69) is 20.7 Å². The molecule has 1 aliphatic rings. The largest absolute Gasteiger partial charge is 0.334 e. The fourth-order valence-corrected chi connectivity index (χ4v) is 3.90. The molecule has 0 saturated carbocycles. The van der Waals surface area contributed by atoms with Gasteiger partial charge in [0.05, 0.1) is 19.1 Å². The van der Waals surface area contributed by atoms with Crippen LogP contribution in [0.2, 0.25) is 0 Å². The maximum Gasteiger partial charge on any atom is 0.315 e. The van der Waals surface area contributed by atoms with E-state index >= 15 is 0 Å². The van der Waals surface area contributed by atoms with E-state index in [1.807, 2.05) is 10.7 Å². The van der Waals surface area contributed by atoms with Crippen molar-refractivity contribution in [3.05, 3.63) is 47.1 Å². The molecule has 24 heavy (non-hydrogen) atoms. The number of nitrogens with zero attached hydrogens (tertiary/aromatic N) is 3. The minimum atomic E-state index is -0.248. The Kier molecular flexibility index (Phi) is 3.89. The minimum absolute atomic E-state index is 0.0516. The summed E-state index contributed by atoms with van der Waals surface area (Å²) in [6.07, 6.45) is 3.21.